The molecule has 0 saturated heterocycles. The summed E-state index contributed by atoms with van der Waals surface area (Å²) in [5.74, 6) is 0.698. The van der Waals surface area contributed by atoms with Crippen LogP contribution < -0.4 is 20.7 Å². The second kappa shape index (κ2) is 7.11. The number of fused-ring (bicyclic) bond motifs is 1. The average Bonchev–Trinajstić information content (AvgIpc) is 2.61. The number of amides is 1. The summed E-state index contributed by atoms with van der Waals surface area (Å²) in [5, 5.41) is 11.5. The third-order valence-electron chi connectivity index (χ3n) is 4.27. The molecule has 0 radical (unpaired) electrons. The highest BCUT2D eigenvalue weighted by Crippen LogP contribution is 2.35. The standard InChI is InChI=1S/C19H21N3O2S/c1-4-24-15-10-9-14(12-7-5-6-8-13(12)15)17-16(18(23)20-3)11(2)21-19(25)22-17/h5-10,17H,4H2,1-3H3,(H,20,23)(H2,21,22,25)/t17-/m1/s1. The van der Waals surface area contributed by atoms with Crippen LogP contribution >= 0.6 is 12.2 Å². The van der Waals surface area contributed by atoms with Gasteiger partial charge in [-0.15, -0.1) is 0 Å². The predicted octanol–water partition coefficient (Wildman–Crippen LogP) is 2.78. The minimum absolute atomic E-state index is 0.136. The predicted molar refractivity (Wildman–Crippen MR) is 103 cm³/mol. The lowest BCUT2D eigenvalue weighted by Gasteiger charge is -2.31. The van der Waals surface area contributed by atoms with Crippen LogP contribution in [0.15, 0.2) is 47.7 Å². The van der Waals surface area contributed by atoms with E-state index < -0.39 is 0 Å². The number of hydrogen-bond acceptors (Lipinski definition) is 3. The van der Waals surface area contributed by atoms with Crippen LogP contribution in [0.5, 0.6) is 5.75 Å². The van der Waals surface area contributed by atoms with Crippen LogP contribution in [0.1, 0.15) is 25.5 Å². The molecule has 3 rings (SSSR count). The van der Waals surface area contributed by atoms with E-state index in [0.717, 1.165) is 27.8 Å². The summed E-state index contributed by atoms with van der Waals surface area (Å²) in [5.41, 5.74) is 2.37. The molecule has 1 heterocycles. The number of ether oxygens (including phenoxy) is 1. The van der Waals surface area contributed by atoms with Crippen LogP contribution in [0.3, 0.4) is 0 Å². The third-order valence-corrected chi connectivity index (χ3v) is 4.49. The number of rotatable bonds is 4. The first-order chi connectivity index (χ1) is 12.1. The molecule has 1 atom stereocenters. The molecule has 6 heteroatoms. The Balaban J connectivity index is 2.21. The van der Waals surface area contributed by atoms with Crippen molar-refractivity contribution in [3.8, 4) is 5.75 Å². The Morgan fingerprint density at radius 3 is 2.64 bits per heavy atom. The maximum absolute atomic E-state index is 12.5. The van der Waals surface area contributed by atoms with Gasteiger partial charge in [0.05, 0.1) is 18.2 Å². The Hall–Kier alpha value is -2.60. The van der Waals surface area contributed by atoms with Crippen molar-refractivity contribution >= 4 is 34.0 Å². The zero-order valence-corrected chi connectivity index (χ0v) is 15.3. The van der Waals surface area contributed by atoms with Gasteiger partial charge >= 0.3 is 0 Å². The highest BCUT2D eigenvalue weighted by atomic mass is 32.1. The quantitative estimate of drug-likeness (QED) is 0.736. The average molecular weight is 355 g/mol. The van der Waals surface area contributed by atoms with Crippen LogP contribution in [0.25, 0.3) is 10.8 Å². The van der Waals surface area contributed by atoms with E-state index in [9.17, 15) is 4.79 Å². The summed E-state index contributed by atoms with van der Waals surface area (Å²) in [6, 6.07) is 11.7. The zero-order chi connectivity index (χ0) is 18.0. The first-order valence-electron chi connectivity index (χ1n) is 8.21. The molecular formula is C19H21N3O2S. The second-order valence-electron chi connectivity index (χ2n) is 5.78. The summed E-state index contributed by atoms with van der Waals surface area (Å²) < 4.78 is 5.75. The number of thiocarbonyl (C=S) groups is 1. The molecule has 0 spiro atoms. The molecule has 2 aromatic rings. The van der Waals surface area contributed by atoms with Crippen molar-refractivity contribution in [2.24, 2.45) is 0 Å². The maximum Gasteiger partial charge on any atom is 0.251 e. The van der Waals surface area contributed by atoms with Crippen LogP contribution in [0, 0.1) is 0 Å². The first-order valence-corrected chi connectivity index (χ1v) is 8.62. The zero-order valence-electron chi connectivity index (χ0n) is 14.5. The first kappa shape index (κ1) is 17.2. The van der Waals surface area contributed by atoms with E-state index in [1.807, 2.05) is 50.2 Å². The second-order valence-corrected chi connectivity index (χ2v) is 6.19. The molecule has 0 aromatic heterocycles. The monoisotopic (exact) mass is 355 g/mol. The summed E-state index contributed by atoms with van der Waals surface area (Å²) in [6.45, 7) is 4.42. The summed E-state index contributed by atoms with van der Waals surface area (Å²) in [4.78, 5) is 12.5. The fourth-order valence-corrected chi connectivity index (χ4v) is 3.46. The Labute approximate surface area is 152 Å². The van der Waals surface area contributed by atoms with Gasteiger partial charge in [-0.05, 0) is 43.1 Å². The van der Waals surface area contributed by atoms with Crippen molar-refractivity contribution in [3.05, 3.63) is 53.2 Å². The smallest absolute Gasteiger partial charge is 0.251 e. The van der Waals surface area contributed by atoms with E-state index in [1.54, 1.807) is 7.05 Å². The molecule has 1 aliphatic rings. The van der Waals surface area contributed by atoms with Crippen LogP contribution in [-0.2, 0) is 4.79 Å². The van der Waals surface area contributed by atoms with E-state index in [1.165, 1.54) is 0 Å². The molecule has 1 amide bonds. The van der Waals surface area contributed by atoms with E-state index in [4.69, 9.17) is 17.0 Å². The van der Waals surface area contributed by atoms with Gasteiger partial charge in [0.2, 0.25) is 0 Å². The van der Waals surface area contributed by atoms with Gasteiger partial charge in [0.15, 0.2) is 5.11 Å². The van der Waals surface area contributed by atoms with Crippen LogP contribution in [-0.4, -0.2) is 24.7 Å². The van der Waals surface area contributed by atoms with Gasteiger partial charge in [-0.2, -0.15) is 0 Å². The highest BCUT2D eigenvalue weighted by Gasteiger charge is 2.30. The number of allylic oxidation sites excluding steroid dienone is 1. The molecule has 1 aliphatic heterocycles. The highest BCUT2D eigenvalue weighted by molar-refractivity contribution is 7.80. The van der Waals surface area contributed by atoms with Crippen molar-refractivity contribution in [2.75, 3.05) is 13.7 Å². The maximum atomic E-state index is 12.5. The number of likely N-dealkylation sites (N-methyl/N-ethyl adjacent to an activating group) is 1. The molecule has 0 fully saturated rings. The number of hydrogen-bond donors (Lipinski definition) is 3. The van der Waals surface area contributed by atoms with E-state index >= 15 is 0 Å². The lowest BCUT2D eigenvalue weighted by Crippen LogP contribution is -2.46. The fourth-order valence-electron chi connectivity index (χ4n) is 3.19. The molecular weight excluding hydrogens is 334 g/mol. The number of carbonyl (C=O) groups excluding carboxylic acids is 1. The Kier molecular flexibility index (Phi) is 4.90. The summed E-state index contributed by atoms with van der Waals surface area (Å²) in [7, 11) is 1.63. The van der Waals surface area contributed by atoms with Gasteiger partial charge in [-0.25, -0.2) is 0 Å². The molecule has 2 aromatic carbocycles. The lowest BCUT2D eigenvalue weighted by atomic mass is 9.91. The minimum Gasteiger partial charge on any atom is -0.493 e. The molecule has 0 unspecified atom stereocenters. The van der Waals surface area contributed by atoms with Gasteiger partial charge in [0.1, 0.15) is 5.75 Å². The van der Waals surface area contributed by atoms with Crippen LogP contribution in [0.4, 0.5) is 0 Å². The SMILES string of the molecule is CCOc1ccc([C@H]2NC(=S)NC(C)=C2C(=O)NC)c2ccccc12. The molecule has 25 heavy (non-hydrogen) atoms. The summed E-state index contributed by atoms with van der Waals surface area (Å²) in [6.07, 6.45) is 0. The Morgan fingerprint density at radius 1 is 1.24 bits per heavy atom. The molecule has 0 saturated carbocycles. The van der Waals surface area contributed by atoms with Crippen LogP contribution in [0.2, 0.25) is 0 Å². The Bertz CT molecular complexity index is 876. The Morgan fingerprint density at radius 2 is 1.96 bits per heavy atom. The van der Waals surface area contributed by atoms with E-state index in [0.29, 0.717) is 17.3 Å². The van der Waals surface area contributed by atoms with Gasteiger partial charge in [-0.1, -0.05) is 30.3 Å². The normalized spacial score (nSPS) is 17.1. The van der Waals surface area contributed by atoms with Crippen molar-refractivity contribution < 1.29 is 9.53 Å². The van der Waals surface area contributed by atoms with Crippen molar-refractivity contribution in [1.29, 1.82) is 0 Å². The summed E-state index contributed by atoms with van der Waals surface area (Å²) >= 11 is 5.31. The van der Waals surface area contributed by atoms with Gasteiger partial charge in [0.25, 0.3) is 5.91 Å². The van der Waals surface area contributed by atoms with Gasteiger partial charge in [-0.3, -0.25) is 4.79 Å². The van der Waals surface area contributed by atoms with Crippen molar-refractivity contribution in [1.82, 2.24) is 16.0 Å². The number of nitrogens with one attached hydrogen (secondary N) is 3. The van der Waals surface area contributed by atoms with Crippen molar-refractivity contribution in [3.63, 3.8) is 0 Å². The molecule has 3 N–H and O–H groups in total. The topological polar surface area (TPSA) is 62.4 Å². The lowest BCUT2D eigenvalue weighted by molar-refractivity contribution is -0.117. The van der Waals surface area contributed by atoms with Crippen molar-refractivity contribution in [2.45, 2.75) is 19.9 Å². The van der Waals surface area contributed by atoms with E-state index in [-0.39, 0.29) is 11.9 Å². The third kappa shape index (κ3) is 3.17. The molecule has 0 aliphatic carbocycles. The van der Waals surface area contributed by atoms with Gasteiger partial charge in [0, 0.05) is 18.1 Å². The molecule has 5 nitrogen and oxygen atoms in total. The number of carbonyl (C=O) groups is 1. The molecule has 0 bridgehead atoms. The number of benzene rings is 2. The minimum atomic E-state index is -0.325. The fraction of sp³-hybridized carbons (Fsp3) is 0.263. The largest absolute Gasteiger partial charge is 0.493 e. The van der Waals surface area contributed by atoms with Gasteiger partial charge < -0.3 is 20.7 Å². The van der Waals surface area contributed by atoms with E-state index in [2.05, 4.69) is 16.0 Å². The molecule has 130 valence electrons.